The molecular formula is C30H33N3O2. The molecule has 1 fully saturated rings. The zero-order chi connectivity index (χ0) is 24.0. The monoisotopic (exact) mass is 467 g/mol. The number of nitrogens with one attached hydrogen (secondary N) is 1. The topological polar surface area (TPSA) is 64.9 Å². The van der Waals surface area contributed by atoms with Gasteiger partial charge in [-0.3, -0.25) is 4.79 Å². The Morgan fingerprint density at radius 3 is 2.34 bits per heavy atom. The van der Waals surface area contributed by atoms with E-state index < -0.39 is 0 Å². The van der Waals surface area contributed by atoms with E-state index in [1.54, 1.807) is 0 Å². The van der Waals surface area contributed by atoms with Gasteiger partial charge in [0, 0.05) is 22.7 Å². The van der Waals surface area contributed by atoms with Crippen LogP contribution in [0.3, 0.4) is 0 Å². The molecule has 1 heterocycles. The highest BCUT2D eigenvalue weighted by molar-refractivity contribution is 6.10. The van der Waals surface area contributed by atoms with Crippen LogP contribution in [-0.2, 0) is 6.42 Å². The predicted octanol–water partition coefficient (Wildman–Crippen LogP) is 5.95. The van der Waals surface area contributed by atoms with Crippen LogP contribution in [-0.4, -0.2) is 41.4 Å². The lowest BCUT2D eigenvalue weighted by atomic mass is 9.78. The first-order chi connectivity index (χ1) is 17.2. The lowest BCUT2D eigenvalue weighted by molar-refractivity contribution is 0.102. The van der Waals surface area contributed by atoms with Gasteiger partial charge in [0.1, 0.15) is 0 Å². The van der Waals surface area contributed by atoms with Gasteiger partial charge < -0.3 is 15.4 Å². The Morgan fingerprint density at radius 1 is 0.914 bits per heavy atom. The van der Waals surface area contributed by atoms with E-state index in [4.69, 9.17) is 0 Å². The fourth-order valence-electron chi connectivity index (χ4n) is 5.67. The summed E-state index contributed by atoms with van der Waals surface area (Å²) in [6, 6.07) is 26.1. The van der Waals surface area contributed by atoms with E-state index >= 15 is 0 Å². The highest BCUT2D eigenvalue weighted by Crippen LogP contribution is 2.32. The highest BCUT2D eigenvalue weighted by atomic mass is 16.4. The second-order valence-corrected chi connectivity index (χ2v) is 9.69. The molecule has 1 saturated heterocycles. The van der Waals surface area contributed by atoms with Crippen LogP contribution in [0.15, 0.2) is 84.0 Å². The molecule has 1 aliphatic heterocycles. The predicted molar refractivity (Wildman–Crippen MR) is 140 cm³/mol. The summed E-state index contributed by atoms with van der Waals surface area (Å²) in [5, 5.41) is 16.7. The van der Waals surface area contributed by atoms with Crippen LogP contribution in [0.1, 0.15) is 58.6 Å². The number of rotatable bonds is 6. The minimum absolute atomic E-state index is 0.120. The molecule has 0 saturated carbocycles. The minimum Gasteiger partial charge on any atom is -0.411 e. The molecule has 1 aliphatic carbocycles. The summed E-state index contributed by atoms with van der Waals surface area (Å²) in [4.78, 5) is 15.6. The molecule has 35 heavy (non-hydrogen) atoms. The quantitative estimate of drug-likeness (QED) is 0.348. The molecule has 5 heteroatoms. The van der Waals surface area contributed by atoms with E-state index in [0.717, 1.165) is 61.4 Å². The molecule has 3 aromatic carbocycles. The lowest BCUT2D eigenvalue weighted by Gasteiger charge is -2.34. The number of hydrogen-bond donors (Lipinski definition) is 2. The molecule has 180 valence electrons. The number of carbonyl (C=O) groups excluding carboxylic acids is 1. The third-order valence-electron chi connectivity index (χ3n) is 7.62. The third-order valence-corrected chi connectivity index (χ3v) is 7.62. The maximum atomic E-state index is 13.0. The summed E-state index contributed by atoms with van der Waals surface area (Å²) < 4.78 is 0. The van der Waals surface area contributed by atoms with Crippen LogP contribution >= 0.6 is 0 Å². The lowest BCUT2D eigenvalue weighted by Crippen LogP contribution is -2.36. The average Bonchev–Trinajstić information content (AvgIpc) is 2.92. The van der Waals surface area contributed by atoms with Crippen molar-refractivity contribution in [3.05, 3.63) is 101 Å². The van der Waals surface area contributed by atoms with Crippen molar-refractivity contribution in [2.75, 3.05) is 25.0 Å². The first-order valence-corrected chi connectivity index (χ1v) is 12.7. The average molecular weight is 468 g/mol. The number of fused-ring (bicyclic) bond motifs is 1. The Kier molecular flexibility index (Phi) is 7.24. The van der Waals surface area contributed by atoms with E-state index in [1.807, 2.05) is 48.5 Å². The van der Waals surface area contributed by atoms with E-state index in [0.29, 0.717) is 11.5 Å². The third kappa shape index (κ3) is 5.30. The summed E-state index contributed by atoms with van der Waals surface area (Å²) in [7, 11) is 0. The maximum Gasteiger partial charge on any atom is 0.255 e. The fourth-order valence-corrected chi connectivity index (χ4v) is 5.67. The van der Waals surface area contributed by atoms with Gasteiger partial charge >= 0.3 is 0 Å². The molecule has 1 atom stereocenters. The molecule has 0 bridgehead atoms. The Morgan fingerprint density at radius 2 is 1.63 bits per heavy atom. The number of hydrogen-bond acceptors (Lipinski definition) is 4. The van der Waals surface area contributed by atoms with Gasteiger partial charge in [0.15, 0.2) is 0 Å². The number of benzene rings is 3. The van der Waals surface area contributed by atoms with Gasteiger partial charge in [-0.15, -0.1) is 0 Å². The van der Waals surface area contributed by atoms with Crippen LogP contribution in [0.4, 0.5) is 5.69 Å². The molecule has 0 spiro atoms. The zero-order valence-electron chi connectivity index (χ0n) is 20.1. The molecule has 0 radical (unpaired) electrons. The Bertz CT molecular complexity index is 1170. The number of anilines is 1. The molecule has 2 N–H and O–H groups in total. The molecule has 1 unspecified atom stereocenters. The van der Waals surface area contributed by atoms with Crippen molar-refractivity contribution >= 4 is 17.3 Å². The summed E-state index contributed by atoms with van der Waals surface area (Å²) >= 11 is 0. The molecule has 0 aromatic heterocycles. The SMILES string of the molecule is O=C(Nc1ccccc1)c1cccc2c1CCC(CCN1CCC(c3ccccc3)CC1)C2=NO. The van der Waals surface area contributed by atoms with E-state index in [-0.39, 0.29) is 11.8 Å². The van der Waals surface area contributed by atoms with E-state index in [1.165, 1.54) is 18.4 Å². The summed E-state index contributed by atoms with van der Waals surface area (Å²) in [6.45, 7) is 3.23. The van der Waals surface area contributed by atoms with Gasteiger partial charge in [-0.2, -0.15) is 0 Å². The maximum absolute atomic E-state index is 13.0. The summed E-state index contributed by atoms with van der Waals surface area (Å²) in [6.07, 6.45) is 5.06. The van der Waals surface area contributed by atoms with Crippen LogP contribution < -0.4 is 5.32 Å². The van der Waals surface area contributed by atoms with Crippen LogP contribution in [0.5, 0.6) is 0 Å². The molecule has 3 aromatic rings. The van der Waals surface area contributed by atoms with Crippen molar-refractivity contribution < 1.29 is 10.0 Å². The number of carbonyl (C=O) groups is 1. The smallest absolute Gasteiger partial charge is 0.255 e. The number of nitrogens with zero attached hydrogens (tertiary/aromatic N) is 2. The molecule has 5 rings (SSSR count). The summed E-state index contributed by atoms with van der Waals surface area (Å²) in [5.41, 5.74) is 5.50. The van der Waals surface area contributed by atoms with Crippen LogP contribution in [0.2, 0.25) is 0 Å². The summed E-state index contributed by atoms with van der Waals surface area (Å²) in [5.74, 6) is 0.737. The van der Waals surface area contributed by atoms with Crippen molar-refractivity contribution in [2.45, 2.75) is 38.0 Å². The number of para-hydroxylation sites is 1. The zero-order valence-corrected chi connectivity index (χ0v) is 20.1. The van der Waals surface area contributed by atoms with Gasteiger partial charge in [0.25, 0.3) is 5.91 Å². The standard InChI is InChI=1S/C30H33N3O2/c34-30(31-25-10-5-2-6-11-25)28-13-7-12-27-26(28)15-14-24(29(27)32-35)18-21-33-19-16-23(17-20-33)22-8-3-1-4-9-22/h1-13,23-24,35H,14-21H2,(H,31,34). The fraction of sp³-hybridized carbons (Fsp3) is 0.333. The minimum atomic E-state index is -0.120. The van der Waals surface area contributed by atoms with Crippen molar-refractivity contribution in [1.29, 1.82) is 0 Å². The van der Waals surface area contributed by atoms with Crippen molar-refractivity contribution in [1.82, 2.24) is 4.90 Å². The number of oxime groups is 1. The van der Waals surface area contributed by atoms with Crippen molar-refractivity contribution in [2.24, 2.45) is 11.1 Å². The first kappa shape index (κ1) is 23.3. The van der Waals surface area contributed by atoms with Crippen LogP contribution in [0, 0.1) is 5.92 Å². The number of piperidine rings is 1. The van der Waals surface area contributed by atoms with Gasteiger partial charge in [-0.25, -0.2) is 0 Å². The first-order valence-electron chi connectivity index (χ1n) is 12.7. The van der Waals surface area contributed by atoms with Gasteiger partial charge in [0.05, 0.1) is 5.71 Å². The largest absolute Gasteiger partial charge is 0.411 e. The number of amides is 1. The van der Waals surface area contributed by atoms with Gasteiger partial charge in [-0.1, -0.05) is 65.8 Å². The molecule has 1 amide bonds. The second-order valence-electron chi connectivity index (χ2n) is 9.69. The molecule has 2 aliphatic rings. The van der Waals surface area contributed by atoms with Crippen molar-refractivity contribution in [3.8, 4) is 0 Å². The number of likely N-dealkylation sites (tertiary alicyclic amines) is 1. The Balaban J connectivity index is 1.21. The molecule has 5 nitrogen and oxygen atoms in total. The van der Waals surface area contributed by atoms with E-state index in [2.05, 4.69) is 45.7 Å². The van der Waals surface area contributed by atoms with Gasteiger partial charge in [-0.05, 0) is 87.0 Å². The highest BCUT2D eigenvalue weighted by Gasteiger charge is 2.30. The van der Waals surface area contributed by atoms with Crippen LogP contribution in [0.25, 0.3) is 0 Å². The molecular weight excluding hydrogens is 434 g/mol. The van der Waals surface area contributed by atoms with Crippen molar-refractivity contribution in [3.63, 3.8) is 0 Å². The normalized spacial score (nSPS) is 19.9. The Hall–Kier alpha value is -3.44. The van der Waals surface area contributed by atoms with Gasteiger partial charge in [0.2, 0.25) is 0 Å². The second kappa shape index (κ2) is 10.9. The Labute approximate surface area is 207 Å². The van der Waals surface area contributed by atoms with E-state index in [9.17, 15) is 10.0 Å².